The fraction of sp³-hybridized carbons (Fsp3) is 0.462. The maximum Gasteiger partial charge on any atom is 0.418 e. The average Bonchev–Trinajstić information content (AvgIpc) is 2.43. The molecule has 0 radical (unpaired) electrons. The van der Waals surface area contributed by atoms with E-state index in [4.69, 9.17) is 5.84 Å². The van der Waals surface area contributed by atoms with E-state index in [0.29, 0.717) is 5.75 Å². The Morgan fingerprint density at radius 2 is 2.10 bits per heavy atom. The number of anilines is 1. The van der Waals surface area contributed by atoms with E-state index < -0.39 is 17.6 Å². The summed E-state index contributed by atoms with van der Waals surface area (Å²) in [5.41, 5.74) is 0.701. The fourth-order valence-electron chi connectivity index (χ4n) is 1.69. The molecule has 0 aliphatic carbocycles. The highest BCUT2D eigenvalue weighted by Crippen LogP contribution is 2.35. The summed E-state index contributed by atoms with van der Waals surface area (Å²) in [6, 6.07) is 3.12. The first-order valence-corrected chi connectivity index (χ1v) is 7.51. The van der Waals surface area contributed by atoms with Crippen LogP contribution in [0.1, 0.15) is 29.8 Å². The molecule has 4 N–H and O–H groups in total. The minimum Gasteiger partial charge on any atom is -0.349 e. The van der Waals surface area contributed by atoms with Crippen molar-refractivity contribution in [1.29, 1.82) is 0 Å². The standard InChI is InChI=1S/C13H18F3N3OS/c1-3-21-7-8(2)18-12(20)9-4-5-11(19-17)10(6-9)13(14,15)16/h4-6,8,19H,3,7,17H2,1-2H3,(H,18,20). The van der Waals surface area contributed by atoms with Gasteiger partial charge in [0.05, 0.1) is 11.3 Å². The second-order valence-electron chi connectivity index (χ2n) is 4.44. The van der Waals surface area contributed by atoms with Gasteiger partial charge in [-0.3, -0.25) is 10.6 Å². The summed E-state index contributed by atoms with van der Waals surface area (Å²) in [5.74, 6) is 6.14. The number of nitrogen functional groups attached to an aromatic ring is 1. The minimum atomic E-state index is -4.58. The molecule has 0 aromatic heterocycles. The highest BCUT2D eigenvalue weighted by Gasteiger charge is 2.34. The predicted molar refractivity (Wildman–Crippen MR) is 79.2 cm³/mol. The fourth-order valence-corrected chi connectivity index (χ4v) is 2.36. The van der Waals surface area contributed by atoms with Crippen LogP contribution in [0.4, 0.5) is 18.9 Å². The Kier molecular flexibility index (Phi) is 6.35. The molecule has 0 aliphatic heterocycles. The number of hydrogen-bond donors (Lipinski definition) is 3. The van der Waals surface area contributed by atoms with Gasteiger partial charge in [0.1, 0.15) is 0 Å². The lowest BCUT2D eigenvalue weighted by molar-refractivity contribution is -0.137. The number of alkyl halides is 3. The molecule has 1 aromatic carbocycles. The van der Waals surface area contributed by atoms with Gasteiger partial charge in [-0.05, 0) is 30.9 Å². The quantitative estimate of drug-likeness (QED) is 0.557. The number of thioether (sulfide) groups is 1. The van der Waals surface area contributed by atoms with Crippen LogP contribution in [0.3, 0.4) is 0 Å². The number of nitrogens with two attached hydrogens (primary N) is 1. The van der Waals surface area contributed by atoms with Crippen molar-refractivity contribution in [3.05, 3.63) is 29.3 Å². The molecule has 0 bridgehead atoms. The first-order chi connectivity index (χ1) is 9.79. The van der Waals surface area contributed by atoms with E-state index in [2.05, 4.69) is 5.32 Å². The first-order valence-electron chi connectivity index (χ1n) is 6.36. The maximum absolute atomic E-state index is 12.9. The van der Waals surface area contributed by atoms with E-state index in [1.807, 2.05) is 12.3 Å². The predicted octanol–water partition coefficient (Wildman–Crippen LogP) is 2.86. The lowest BCUT2D eigenvalue weighted by Crippen LogP contribution is -2.34. The Labute approximate surface area is 125 Å². The van der Waals surface area contributed by atoms with Crippen molar-refractivity contribution in [2.75, 3.05) is 16.9 Å². The van der Waals surface area contributed by atoms with Gasteiger partial charge in [-0.1, -0.05) is 6.92 Å². The molecule has 0 saturated carbocycles. The van der Waals surface area contributed by atoms with Crippen molar-refractivity contribution in [1.82, 2.24) is 5.32 Å². The lowest BCUT2D eigenvalue weighted by Gasteiger charge is -2.16. The van der Waals surface area contributed by atoms with Gasteiger partial charge in [-0.2, -0.15) is 24.9 Å². The molecule has 1 aromatic rings. The van der Waals surface area contributed by atoms with Gasteiger partial charge < -0.3 is 10.7 Å². The number of benzene rings is 1. The molecular formula is C13H18F3N3OS. The van der Waals surface area contributed by atoms with Crippen molar-refractivity contribution < 1.29 is 18.0 Å². The molecule has 1 unspecified atom stereocenters. The number of amides is 1. The van der Waals surface area contributed by atoms with Crippen molar-refractivity contribution in [2.45, 2.75) is 26.1 Å². The molecule has 0 fully saturated rings. The summed E-state index contributed by atoms with van der Waals surface area (Å²) in [6.07, 6.45) is -4.58. The third-order valence-corrected chi connectivity index (χ3v) is 3.84. The largest absolute Gasteiger partial charge is 0.418 e. The zero-order valence-corrected chi connectivity index (χ0v) is 12.6. The summed E-state index contributed by atoms with van der Waals surface area (Å²) in [5, 5.41) is 2.67. The number of hydrogen-bond acceptors (Lipinski definition) is 4. The van der Waals surface area contributed by atoms with Gasteiger partial charge in [0.2, 0.25) is 0 Å². The molecule has 8 heteroatoms. The van der Waals surface area contributed by atoms with Crippen LogP contribution in [0.5, 0.6) is 0 Å². The van der Waals surface area contributed by atoms with Gasteiger partial charge in [0, 0.05) is 17.4 Å². The van der Waals surface area contributed by atoms with E-state index in [-0.39, 0.29) is 17.3 Å². The monoisotopic (exact) mass is 321 g/mol. The third kappa shape index (κ3) is 5.13. The zero-order chi connectivity index (χ0) is 16.0. The van der Waals surface area contributed by atoms with Crippen LogP contribution in [-0.4, -0.2) is 23.5 Å². The van der Waals surface area contributed by atoms with E-state index in [9.17, 15) is 18.0 Å². The Hall–Kier alpha value is -1.41. The van der Waals surface area contributed by atoms with Crippen LogP contribution in [0.25, 0.3) is 0 Å². The number of rotatable bonds is 6. The Balaban J connectivity index is 2.91. The van der Waals surface area contributed by atoms with E-state index >= 15 is 0 Å². The first kappa shape index (κ1) is 17.6. The number of halogens is 3. The third-order valence-electron chi connectivity index (χ3n) is 2.69. The molecule has 1 rings (SSSR count). The van der Waals surface area contributed by atoms with Crippen LogP contribution in [-0.2, 0) is 6.18 Å². The molecule has 1 atom stereocenters. The SMILES string of the molecule is CCSCC(C)NC(=O)c1ccc(NN)c(C(F)(F)F)c1. The maximum atomic E-state index is 12.9. The van der Waals surface area contributed by atoms with Gasteiger partial charge >= 0.3 is 6.18 Å². The smallest absolute Gasteiger partial charge is 0.349 e. The molecule has 0 saturated heterocycles. The summed E-state index contributed by atoms with van der Waals surface area (Å²) in [7, 11) is 0. The number of carbonyl (C=O) groups excluding carboxylic acids is 1. The van der Waals surface area contributed by atoms with Gasteiger partial charge in [0.15, 0.2) is 0 Å². The highest BCUT2D eigenvalue weighted by molar-refractivity contribution is 7.99. The molecular weight excluding hydrogens is 303 g/mol. The van der Waals surface area contributed by atoms with E-state index in [1.165, 1.54) is 6.07 Å². The summed E-state index contributed by atoms with van der Waals surface area (Å²) < 4.78 is 38.6. The second kappa shape index (κ2) is 7.56. The Morgan fingerprint density at radius 3 is 2.62 bits per heavy atom. The van der Waals surface area contributed by atoms with E-state index in [0.717, 1.165) is 17.9 Å². The van der Waals surface area contributed by atoms with Crippen LogP contribution in [0, 0.1) is 0 Å². The van der Waals surface area contributed by atoms with Crippen LogP contribution in [0.15, 0.2) is 18.2 Å². The van der Waals surface area contributed by atoms with Gasteiger partial charge in [0.25, 0.3) is 5.91 Å². The van der Waals surface area contributed by atoms with Crippen LogP contribution < -0.4 is 16.6 Å². The van der Waals surface area contributed by atoms with Gasteiger partial charge in [-0.25, -0.2) is 0 Å². The number of hydrazine groups is 1. The molecule has 1 amide bonds. The summed E-state index contributed by atoms with van der Waals surface area (Å²) in [6.45, 7) is 3.80. The Morgan fingerprint density at radius 1 is 1.43 bits per heavy atom. The summed E-state index contributed by atoms with van der Waals surface area (Å²) in [4.78, 5) is 12.0. The molecule has 4 nitrogen and oxygen atoms in total. The van der Waals surface area contributed by atoms with Crippen molar-refractivity contribution >= 4 is 23.4 Å². The second-order valence-corrected chi connectivity index (χ2v) is 5.76. The van der Waals surface area contributed by atoms with Crippen molar-refractivity contribution in [2.24, 2.45) is 5.84 Å². The molecule has 118 valence electrons. The zero-order valence-electron chi connectivity index (χ0n) is 11.8. The van der Waals surface area contributed by atoms with Crippen LogP contribution >= 0.6 is 11.8 Å². The highest BCUT2D eigenvalue weighted by atomic mass is 32.2. The average molecular weight is 321 g/mol. The molecule has 0 spiro atoms. The van der Waals surface area contributed by atoms with Gasteiger partial charge in [-0.15, -0.1) is 0 Å². The summed E-state index contributed by atoms with van der Waals surface area (Å²) >= 11 is 1.65. The van der Waals surface area contributed by atoms with E-state index in [1.54, 1.807) is 18.7 Å². The molecule has 0 heterocycles. The normalized spacial score (nSPS) is 12.9. The molecule has 21 heavy (non-hydrogen) atoms. The van der Waals surface area contributed by atoms with Crippen molar-refractivity contribution in [3.63, 3.8) is 0 Å². The molecule has 0 aliphatic rings. The lowest BCUT2D eigenvalue weighted by atomic mass is 10.1. The number of nitrogens with one attached hydrogen (secondary N) is 2. The Bertz CT molecular complexity index is 494. The van der Waals surface area contributed by atoms with Crippen molar-refractivity contribution in [3.8, 4) is 0 Å². The van der Waals surface area contributed by atoms with Crippen LogP contribution in [0.2, 0.25) is 0 Å². The number of carbonyl (C=O) groups is 1. The minimum absolute atomic E-state index is 0.0466. The topological polar surface area (TPSA) is 67.2 Å².